The van der Waals surface area contributed by atoms with Gasteiger partial charge in [-0.05, 0) is 38.3 Å². The van der Waals surface area contributed by atoms with Crippen molar-refractivity contribution < 1.29 is 8.42 Å². The van der Waals surface area contributed by atoms with Crippen molar-refractivity contribution in [2.24, 2.45) is 4.99 Å². The molecule has 2 aromatic rings. The van der Waals surface area contributed by atoms with Crippen LogP contribution >= 0.6 is 0 Å². The Balaban J connectivity index is 1.78. The van der Waals surface area contributed by atoms with Crippen LogP contribution < -0.4 is 15.4 Å². The standard InChI is InChI=1S/C18H29N5O2S/c1-3-19-18(20-11-7-12-23-26(24,25)4-2)21-13-10-15-14-22-17-9-6-5-8-16(15)17/h5-6,8-9,14,22-23H,3-4,7,10-13H2,1-2H3,(H2,19,20,21). The number of nitrogens with zero attached hydrogens (tertiary/aromatic N) is 1. The largest absolute Gasteiger partial charge is 0.361 e. The van der Waals surface area contributed by atoms with E-state index >= 15 is 0 Å². The SMILES string of the molecule is CCNC(=NCCCNS(=O)(=O)CC)NCCc1c[nH]c2ccccc12. The first-order valence-electron chi connectivity index (χ1n) is 9.10. The van der Waals surface area contributed by atoms with Crippen molar-refractivity contribution >= 4 is 26.9 Å². The van der Waals surface area contributed by atoms with E-state index in [0.29, 0.717) is 19.5 Å². The maximum Gasteiger partial charge on any atom is 0.211 e. The highest BCUT2D eigenvalue weighted by Gasteiger charge is 2.05. The normalized spacial score (nSPS) is 12.5. The van der Waals surface area contributed by atoms with Gasteiger partial charge in [0.05, 0.1) is 5.75 Å². The Morgan fingerprint density at radius 1 is 1.15 bits per heavy atom. The fraction of sp³-hybridized carbons (Fsp3) is 0.500. The van der Waals surface area contributed by atoms with Gasteiger partial charge in [-0.25, -0.2) is 13.1 Å². The summed E-state index contributed by atoms with van der Waals surface area (Å²) in [5, 5.41) is 7.79. The first-order valence-corrected chi connectivity index (χ1v) is 10.8. The van der Waals surface area contributed by atoms with Crippen LogP contribution in [0.15, 0.2) is 35.5 Å². The molecule has 2 rings (SSSR count). The maximum atomic E-state index is 11.4. The molecule has 0 amide bonds. The van der Waals surface area contributed by atoms with Crippen molar-refractivity contribution in [3.8, 4) is 0 Å². The van der Waals surface area contributed by atoms with Crippen LogP contribution in [-0.4, -0.2) is 51.3 Å². The summed E-state index contributed by atoms with van der Waals surface area (Å²) in [6.45, 7) is 6.17. The summed E-state index contributed by atoms with van der Waals surface area (Å²) >= 11 is 0. The Kier molecular flexibility index (Phi) is 7.93. The lowest BCUT2D eigenvalue weighted by molar-refractivity contribution is 0.581. The molecular formula is C18H29N5O2S. The lowest BCUT2D eigenvalue weighted by Crippen LogP contribution is -2.38. The Hall–Kier alpha value is -2.06. The predicted molar refractivity (Wildman–Crippen MR) is 108 cm³/mol. The number of hydrogen-bond donors (Lipinski definition) is 4. The van der Waals surface area contributed by atoms with Gasteiger partial charge in [-0.1, -0.05) is 18.2 Å². The summed E-state index contributed by atoms with van der Waals surface area (Å²) in [7, 11) is -3.12. The maximum absolute atomic E-state index is 11.4. The van der Waals surface area contributed by atoms with Gasteiger partial charge in [0, 0.05) is 43.3 Å². The minimum absolute atomic E-state index is 0.105. The van der Waals surface area contributed by atoms with E-state index < -0.39 is 10.0 Å². The molecule has 0 saturated carbocycles. The highest BCUT2D eigenvalue weighted by atomic mass is 32.2. The molecule has 26 heavy (non-hydrogen) atoms. The third-order valence-electron chi connectivity index (χ3n) is 4.01. The third-order valence-corrected chi connectivity index (χ3v) is 5.42. The molecule has 8 heteroatoms. The summed E-state index contributed by atoms with van der Waals surface area (Å²) in [6, 6.07) is 8.27. The molecule has 1 aromatic carbocycles. The van der Waals surface area contributed by atoms with E-state index in [1.807, 2.05) is 19.1 Å². The number of hydrogen-bond acceptors (Lipinski definition) is 3. The van der Waals surface area contributed by atoms with Crippen molar-refractivity contribution in [1.82, 2.24) is 20.3 Å². The highest BCUT2D eigenvalue weighted by Crippen LogP contribution is 2.17. The quantitative estimate of drug-likeness (QED) is 0.286. The van der Waals surface area contributed by atoms with Gasteiger partial charge in [0.15, 0.2) is 5.96 Å². The Labute approximate surface area is 155 Å². The van der Waals surface area contributed by atoms with Gasteiger partial charge in [0.1, 0.15) is 0 Å². The monoisotopic (exact) mass is 379 g/mol. The second-order valence-electron chi connectivity index (χ2n) is 5.95. The van der Waals surface area contributed by atoms with Crippen LogP contribution in [-0.2, 0) is 16.4 Å². The summed E-state index contributed by atoms with van der Waals surface area (Å²) in [5.41, 5.74) is 2.43. The summed E-state index contributed by atoms with van der Waals surface area (Å²) in [4.78, 5) is 7.78. The van der Waals surface area contributed by atoms with Crippen LogP contribution in [0.4, 0.5) is 0 Å². The molecule has 0 aliphatic carbocycles. The van der Waals surface area contributed by atoms with Crippen molar-refractivity contribution in [1.29, 1.82) is 0 Å². The van der Waals surface area contributed by atoms with Gasteiger partial charge in [-0.2, -0.15) is 0 Å². The van der Waals surface area contributed by atoms with E-state index in [1.165, 1.54) is 10.9 Å². The number of H-pyrrole nitrogens is 1. The lowest BCUT2D eigenvalue weighted by atomic mass is 10.1. The van der Waals surface area contributed by atoms with Gasteiger partial charge < -0.3 is 15.6 Å². The minimum Gasteiger partial charge on any atom is -0.361 e. The van der Waals surface area contributed by atoms with Crippen LogP contribution in [0.1, 0.15) is 25.8 Å². The summed E-state index contributed by atoms with van der Waals surface area (Å²) in [5.74, 6) is 0.861. The topological polar surface area (TPSA) is 98.4 Å². The number of guanidine groups is 1. The third kappa shape index (κ3) is 6.34. The average molecular weight is 380 g/mol. The molecule has 0 radical (unpaired) electrons. The Morgan fingerprint density at radius 3 is 2.73 bits per heavy atom. The molecule has 0 saturated heterocycles. The summed E-state index contributed by atoms with van der Waals surface area (Å²) in [6.07, 6.45) is 3.61. The molecule has 7 nitrogen and oxygen atoms in total. The highest BCUT2D eigenvalue weighted by molar-refractivity contribution is 7.89. The van der Waals surface area contributed by atoms with Gasteiger partial charge in [-0.3, -0.25) is 4.99 Å². The fourth-order valence-electron chi connectivity index (χ4n) is 2.60. The molecule has 0 bridgehead atoms. The molecular weight excluding hydrogens is 350 g/mol. The number of sulfonamides is 1. The zero-order valence-corrected chi connectivity index (χ0v) is 16.3. The number of para-hydroxylation sites is 1. The van der Waals surface area contributed by atoms with E-state index in [0.717, 1.165) is 31.0 Å². The zero-order chi connectivity index (χ0) is 18.8. The van der Waals surface area contributed by atoms with Crippen molar-refractivity contribution in [2.45, 2.75) is 26.7 Å². The molecule has 0 spiro atoms. The first-order chi connectivity index (χ1) is 12.6. The molecule has 0 aliphatic heterocycles. The minimum atomic E-state index is -3.12. The molecule has 0 unspecified atom stereocenters. The molecule has 1 heterocycles. The molecule has 4 N–H and O–H groups in total. The second kappa shape index (κ2) is 10.2. The number of benzene rings is 1. The average Bonchev–Trinajstić information content (AvgIpc) is 3.04. The van der Waals surface area contributed by atoms with Gasteiger partial charge in [-0.15, -0.1) is 0 Å². The smallest absolute Gasteiger partial charge is 0.211 e. The Morgan fingerprint density at radius 2 is 1.96 bits per heavy atom. The van der Waals surface area contributed by atoms with E-state index in [1.54, 1.807) is 6.92 Å². The number of rotatable bonds is 10. The number of nitrogens with one attached hydrogen (secondary N) is 4. The van der Waals surface area contributed by atoms with E-state index in [2.05, 4.69) is 43.7 Å². The number of fused-ring (bicyclic) bond motifs is 1. The molecule has 1 aromatic heterocycles. The van der Waals surface area contributed by atoms with Crippen molar-refractivity contribution in [3.05, 3.63) is 36.0 Å². The fourth-order valence-corrected chi connectivity index (χ4v) is 3.25. The van der Waals surface area contributed by atoms with Gasteiger partial charge >= 0.3 is 0 Å². The van der Waals surface area contributed by atoms with E-state index in [-0.39, 0.29) is 5.75 Å². The predicted octanol–water partition coefficient (Wildman–Crippen LogP) is 1.59. The van der Waals surface area contributed by atoms with Crippen molar-refractivity contribution in [2.75, 3.05) is 31.9 Å². The van der Waals surface area contributed by atoms with Crippen LogP contribution in [0.3, 0.4) is 0 Å². The summed E-state index contributed by atoms with van der Waals surface area (Å²) < 4.78 is 25.3. The van der Waals surface area contributed by atoms with Gasteiger partial charge in [0.2, 0.25) is 10.0 Å². The van der Waals surface area contributed by atoms with E-state index in [9.17, 15) is 8.42 Å². The van der Waals surface area contributed by atoms with Crippen LogP contribution in [0.5, 0.6) is 0 Å². The second-order valence-corrected chi connectivity index (χ2v) is 8.04. The number of aliphatic imine (C=N–C) groups is 1. The first kappa shape index (κ1) is 20.3. The molecule has 0 atom stereocenters. The molecule has 0 fully saturated rings. The Bertz CT molecular complexity index is 814. The van der Waals surface area contributed by atoms with Crippen LogP contribution in [0.25, 0.3) is 10.9 Å². The van der Waals surface area contributed by atoms with Crippen molar-refractivity contribution in [3.63, 3.8) is 0 Å². The van der Waals surface area contributed by atoms with E-state index in [4.69, 9.17) is 0 Å². The molecule has 0 aliphatic rings. The molecule has 144 valence electrons. The van der Waals surface area contributed by atoms with Crippen LogP contribution in [0.2, 0.25) is 0 Å². The number of aromatic nitrogens is 1. The zero-order valence-electron chi connectivity index (χ0n) is 15.5. The van der Waals surface area contributed by atoms with Gasteiger partial charge in [0.25, 0.3) is 0 Å². The lowest BCUT2D eigenvalue weighted by Gasteiger charge is -2.11. The van der Waals surface area contributed by atoms with Crippen LogP contribution in [0, 0.1) is 0 Å². The number of aromatic amines is 1.